The Bertz CT molecular complexity index is 659. The zero-order valence-corrected chi connectivity index (χ0v) is 12.2. The highest BCUT2D eigenvalue weighted by Gasteiger charge is 2.17. The second kappa shape index (κ2) is 6.21. The summed E-state index contributed by atoms with van der Waals surface area (Å²) in [4.78, 5) is 27.7. The summed E-state index contributed by atoms with van der Waals surface area (Å²) in [6.45, 7) is 3.71. The number of carbonyl (C=O) groups excluding carboxylic acids is 2. The second-order valence-electron chi connectivity index (χ2n) is 4.68. The van der Waals surface area contributed by atoms with Gasteiger partial charge in [-0.3, -0.25) is 4.79 Å². The number of rotatable bonds is 4. The maximum atomic E-state index is 12.1. The molecule has 0 atom stereocenters. The monoisotopic (exact) mass is 287 g/mol. The standard InChI is InChI=1S/C15H17N3O3/c1-10-4-6-12(7-5-10)17-14(19)9-18-11(2)16-8-13(18)15(20)21-3/h4-8H,9H2,1-3H3,(H,17,19). The van der Waals surface area contributed by atoms with Gasteiger partial charge in [0.1, 0.15) is 18.1 Å². The number of hydrogen-bond donors (Lipinski definition) is 1. The van der Waals surface area contributed by atoms with Gasteiger partial charge in [0.2, 0.25) is 5.91 Å². The molecular weight excluding hydrogens is 270 g/mol. The summed E-state index contributed by atoms with van der Waals surface area (Å²) in [5, 5.41) is 2.78. The van der Waals surface area contributed by atoms with Crippen molar-refractivity contribution in [2.24, 2.45) is 0 Å². The molecule has 6 heteroatoms. The van der Waals surface area contributed by atoms with Crippen molar-refractivity contribution in [2.45, 2.75) is 20.4 Å². The van der Waals surface area contributed by atoms with Gasteiger partial charge in [0.15, 0.2) is 0 Å². The first kappa shape index (κ1) is 14.8. The number of esters is 1. The lowest BCUT2D eigenvalue weighted by Gasteiger charge is -2.10. The molecule has 0 aliphatic heterocycles. The van der Waals surface area contributed by atoms with Crippen LogP contribution in [0.1, 0.15) is 21.9 Å². The Kier molecular flexibility index (Phi) is 4.37. The number of methoxy groups -OCH3 is 1. The number of ether oxygens (including phenoxy) is 1. The Morgan fingerprint density at radius 3 is 2.52 bits per heavy atom. The quantitative estimate of drug-likeness (QED) is 0.872. The number of nitrogens with zero attached hydrogens (tertiary/aromatic N) is 2. The molecule has 1 aromatic carbocycles. The number of aryl methyl sites for hydroxylation is 2. The Morgan fingerprint density at radius 1 is 1.24 bits per heavy atom. The summed E-state index contributed by atoms with van der Waals surface area (Å²) in [7, 11) is 1.29. The first-order valence-corrected chi connectivity index (χ1v) is 6.48. The van der Waals surface area contributed by atoms with E-state index in [4.69, 9.17) is 0 Å². The molecule has 21 heavy (non-hydrogen) atoms. The molecule has 1 aromatic heterocycles. The molecule has 0 aliphatic rings. The molecule has 6 nitrogen and oxygen atoms in total. The van der Waals surface area contributed by atoms with Crippen LogP contribution in [0.2, 0.25) is 0 Å². The van der Waals surface area contributed by atoms with Crippen LogP contribution in [0.5, 0.6) is 0 Å². The smallest absolute Gasteiger partial charge is 0.356 e. The van der Waals surface area contributed by atoms with Gasteiger partial charge >= 0.3 is 5.97 Å². The van der Waals surface area contributed by atoms with Crippen molar-refractivity contribution < 1.29 is 14.3 Å². The first-order chi connectivity index (χ1) is 10.0. The van der Waals surface area contributed by atoms with Gasteiger partial charge in [0, 0.05) is 5.69 Å². The molecule has 1 amide bonds. The largest absolute Gasteiger partial charge is 0.464 e. The van der Waals surface area contributed by atoms with E-state index in [0.717, 1.165) is 5.56 Å². The van der Waals surface area contributed by atoms with Crippen LogP contribution in [0.15, 0.2) is 30.5 Å². The number of hydrogen-bond acceptors (Lipinski definition) is 4. The number of aromatic nitrogens is 2. The van der Waals surface area contributed by atoms with Crippen molar-refractivity contribution in [3.8, 4) is 0 Å². The minimum Gasteiger partial charge on any atom is -0.464 e. The van der Waals surface area contributed by atoms with E-state index in [1.54, 1.807) is 6.92 Å². The van der Waals surface area contributed by atoms with E-state index in [2.05, 4.69) is 15.0 Å². The minimum atomic E-state index is -0.515. The van der Waals surface area contributed by atoms with E-state index in [1.165, 1.54) is 17.9 Å². The number of anilines is 1. The molecule has 0 radical (unpaired) electrons. The average Bonchev–Trinajstić information content (AvgIpc) is 2.82. The first-order valence-electron chi connectivity index (χ1n) is 6.48. The van der Waals surface area contributed by atoms with Crippen molar-refractivity contribution in [2.75, 3.05) is 12.4 Å². The molecular formula is C15H17N3O3. The third-order valence-corrected chi connectivity index (χ3v) is 3.09. The van der Waals surface area contributed by atoms with E-state index in [-0.39, 0.29) is 18.1 Å². The maximum Gasteiger partial charge on any atom is 0.356 e. The summed E-state index contributed by atoms with van der Waals surface area (Å²) in [6, 6.07) is 7.49. The SMILES string of the molecule is COC(=O)c1cnc(C)n1CC(=O)Nc1ccc(C)cc1. The number of amides is 1. The molecule has 0 saturated heterocycles. The Labute approximate surface area is 122 Å². The van der Waals surface area contributed by atoms with Crippen molar-refractivity contribution in [3.05, 3.63) is 47.5 Å². The normalized spacial score (nSPS) is 10.2. The molecule has 0 bridgehead atoms. The minimum absolute atomic E-state index is 0.00411. The van der Waals surface area contributed by atoms with Gasteiger partial charge in [-0.25, -0.2) is 9.78 Å². The Morgan fingerprint density at radius 2 is 1.90 bits per heavy atom. The molecule has 0 fully saturated rings. The fourth-order valence-corrected chi connectivity index (χ4v) is 1.92. The van der Waals surface area contributed by atoms with Crippen LogP contribution in [0.4, 0.5) is 5.69 Å². The van der Waals surface area contributed by atoms with E-state index in [0.29, 0.717) is 11.5 Å². The van der Waals surface area contributed by atoms with Crippen molar-refractivity contribution in [3.63, 3.8) is 0 Å². The van der Waals surface area contributed by atoms with Gasteiger partial charge < -0.3 is 14.6 Å². The number of benzene rings is 1. The van der Waals surface area contributed by atoms with Gasteiger partial charge in [0.25, 0.3) is 0 Å². The highest BCUT2D eigenvalue weighted by Crippen LogP contribution is 2.10. The van der Waals surface area contributed by atoms with Crippen molar-refractivity contribution in [1.82, 2.24) is 9.55 Å². The molecule has 0 saturated carbocycles. The molecule has 0 aliphatic carbocycles. The fourth-order valence-electron chi connectivity index (χ4n) is 1.92. The number of nitrogens with one attached hydrogen (secondary N) is 1. The Hall–Kier alpha value is -2.63. The molecule has 2 aromatic rings. The lowest BCUT2D eigenvalue weighted by Crippen LogP contribution is -2.22. The van der Waals surface area contributed by atoms with Crippen LogP contribution < -0.4 is 5.32 Å². The van der Waals surface area contributed by atoms with E-state index in [9.17, 15) is 9.59 Å². The lowest BCUT2D eigenvalue weighted by molar-refractivity contribution is -0.116. The van der Waals surface area contributed by atoms with Crippen LogP contribution in [0, 0.1) is 13.8 Å². The fraction of sp³-hybridized carbons (Fsp3) is 0.267. The summed E-state index contributed by atoms with van der Waals surface area (Å²) < 4.78 is 6.19. The van der Waals surface area contributed by atoms with Crippen LogP contribution >= 0.6 is 0 Å². The molecule has 1 heterocycles. The van der Waals surface area contributed by atoms with Crippen LogP contribution in [-0.2, 0) is 16.1 Å². The topological polar surface area (TPSA) is 73.2 Å². The molecule has 1 N–H and O–H groups in total. The van der Waals surface area contributed by atoms with Crippen molar-refractivity contribution in [1.29, 1.82) is 0 Å². The van der Waals surface area contributed by atoms with Crippen LogP contribution in [0.25, 0.3) is 0 Å². The zero-order chi connectivity index (χ0) is 15.4. The van der Waals surface area contributed by atoms with Gasteiger partial charge in [-0.15, -0.1) is 0 Å². The second-order valence-corrected chi connectivity index (χ2v) is 4.68. The molecule has 0 spiro atoms. The van der Waals surface area contributed by atoms with Crippen molar-refractivity contribution >= 4 is 17.6 Å². The summed E-state index contributed by atoms with van der Waals surface area (Å²) in [6.07, 6.45) is 1.40. The molecule has 0 unspecified atom stereocenters. The number of imidazole rings is 1. The predicted octanol–water partition coefficient (Wildman–Crippen LogP) is 1.93. The van der Waals surface area contributed by atoms with Crippen LogP contribution in [-0.4, -0.2) is 28.5 Å². The zero-order valence-electron chi connectivity index (χ0n) is 12.2. The average molecular weight is 287 g/mol. The maximum absolute atomic E-state index is 12.1. The summed E-state index contributed by atoms with van der Waals surface area (Å²) in [5.74, 6) is -0.168. The van der Waals surface area contributed by atoms with Gasteiger partial charge in [0.05, 0.1) is 13.3 Å². The molecule has 110 valence electrons. The van der Waals surface area contributed by atoms with Gasteiger partial charge in [-0.2, -0.15) is 0 Å². The van der Waals surface area contributed by atoms with E-state index in [1.807, 2.05) is 31.2 Å². The Balaban J connectivity index is 2.11. The lowest BCUT2D eigenvalue weighted by atomic mass is 10.2. The number of carbonyl (C=O) groups is 2. The molecule has 2 rings (SSSR count). The summed E-state index contributed by atoms with van der Waals surface area (Å²) >= 11 is 0. The van der Waals surface area contributed by atoms with Gasteiger partial charge in [-0.05, 0) is 26.0 Å². The van der Waals surface area contributed by atoms with E-state index >= 15 is 0 Å². The third-order valence-electron chi connectivity index (χ3n) is 3.09. The third kappa shape index (κ3) is 3.47. The predicted molar refractivity (Wildman–Crippen MR) is 78.1 cm³/mol. The highest BCUT2D eigenvalue weighted by molar-refractivity contribution is 5.92. The highest BCUT2D eigenvalue weighted by atomic mass is 16.5. The van der Waals surface area contributed by atoms with E-state index < -0.39 is 5.97 Å². The van der Waals surface area contributed by atoms with Gasteiger partial charge in [-0.1, -0.05) is 17.7 Å². The summed E-state index contributed by atoms with van der Waals surface area (Å²) in [5.41, 5.74) is 2.09. The van der Waals surface area contributed by atoms with Crippen LogP contribution in [0.3, 0.4) is 0 Å².